The summed E-state index contributed by atoms with van der Waals surface area (Å²) in [6, 6.07) is 0. The van der Waals surface area contributed by atoms with E-state index in [0.717, 1.165) is 19.6 Å². The Kier molecular flexibility index (Phi) is 3.15. The second kappa shape index (κ2) is 4.38. The van der Waals surface area contributed by atoms with Crippen molar-refractivity contribution in [3.8, 4) is 0 Å². The molecule has 2 N–H and O–H groups in total. The highest BCUT2D eigenvalue weighted by Gasteiger charge is 2.21. The minimum atomic E-state index is 0.711. The van der Waals surface area contributed by atoms with Crippen molar-refractivity contribution in [1.82, 2.24) is 9.88 Å². The molecule has 0 spiro atoms. The fourth-order valence-electron chi connectivity index (χ4n) is 1.93. The Bertz CT molecular complexity index is 297. The van der Waals surface area contributed by atoms with Gasteiger partial charge in [0, 0.05) is 18.0 Å². The molecule has 0 aromatic carbocycles. The van der Waals surface area contributed by atoms with Crippen molar-refractivity contribution in [1.29, 1.82) is 0 Å². The fourth-order valence-corrected chi connectivity index (χ4v) is 2.75. The van der Waals surface area contributed by atoms with Gasteiger partial charge in [0.05, 0.1) is 11.2 Å². The van der Waals surface area contributed by atoms with E-state index in [9.17, 15) is 0 Å². The topological polar surface area (TPSA) is 42.2 Å². The normalized spacial score (nSPS) is 23.1. The number of aromatic nitrogens is 1. The van der Waals surface area contributed by atoms with Crippen LogP contribution in [0.4, 0.5) is 0 Å². The van der Waals surface area contributed by atoms with Crippen LogP contribution in [0, 0.1) is 12.8 Å². The first-order chi connectivity index (χ1) is 6.79. The van der Waals surface area contributed by atoms with E-state index in [4.69, 9.17) is 5.73 Å². The van der Waals surface area contributed by atoms with Gasteiger partial charge < -0.3 is 5.73 Å². The van der Waals surface area contributed by atoms with Crippen molar-refractivity contribution in [3.63, 3.8) is 0 Å². The third-order valence-electron chi connectivity index (χ3n) is 2.92. The smallest absolute Gasteiger partial charge is 0.0798 e. The number of likely N-dealkylation sites (tertiary alicyclic amines) is 1. The maximum Gasteiger partial charge on any atom is 0.0798 e. The van der Waals surface area contributed by atoms with Crippen molar-refractivity contribution in [2.45, 2.75) is 19.9 Å². The number of rotatable bonds is 3. The monoisotopic (exact) mass is 211 g/mol. The van der Waals surface area contributed by atoms with Gasteiger partial charge >= 0.3 is 0 Å². The van der Waals surface area contributed by atoms with Gasteiger partial charge in [-0.1, -0.05) is 0 Å². The molecule has 0 aliphatic carbocycles. The van der Waals surface area contributed by atoms with E-state index in [0.29, 0.717) is 5.92 Å². The minimum absolute atomic E-state index is 0.711. The highest BCUT2D eigenvalue weighted by molar-refractivity contribution is 7.09. The minimum Gasteiger partial charge on any atom is -0.330 e. The quantitative estimate of drug-likeness (QED) is 0.817. The second-order valence-corrected chi connectivity index (χ2v) is 4.93. The summed E-state index contributed by atoms with van der Waals surface area (Å²) in [5.41, 5.74) is 8.78. The van der Waals surface area contributed by atoms with Crippen LogP contribution in [0.15, 0.2) is 5.51 Å². The van der Waals surface area contributed by atoms with Crippen LogP contribution in [-0.4, -0.2) is 29.5 Å². The van der Waals surface area contributed by atoms with E-state index in [1.54, 1.807) is 11.3 Å². The summed E-state index contributed by atoms with van der Waals surface area (Å²) >= 11 is 1.76. The Morgan fingerprint density at radius 1 is 1.71 bits per heavy atom. The number of nitrogens with zero attached hydrogens (tertiary/aromatic N) is 2. The van der Waals surface area contributed by atoms with Crippen LogP contribution in [0.25, 0.3) is 0 Å². The average molecular weight is 211 g/mol. The summed E-state index contributed by atoms with van der Waals surface area (Å²) in [6.07, 6.45) is 1.26. The molecule has 0 radical (unpaired) electrons. The lowest BCUT2D eigenvalue weighted by Gasteiger charge is -2.14. The zero-order valence-electron chi connectivity index (χ0n) is 8.57. The fraction of sp³-hybridized carbons (Fsp3) is 0.700. The molecule has 1 aliphatic heterocycles. The van der Waals surface area contributed by atoms with Gasteiger partial charge in [-0.15, -0.1) is 11.3 Å². The molecule has 1 aliphatic rings. The van der Waals surface area contributed by atoms with Gasteiger partial charge in [-0.05, 0) is 32.4 Å². The Morgan fingerprint density at radius 2 is 2.57 bits per heavy atom. The summed E-state index contributed by atoms with van der Waals surface area (Å²) < 4.78 is 0. The molecule has 1 aromatic rings. The van der Waals surface area contributed by atoms with Crippen LogP contribution >= 0.6 is 11.3 Å². The number of hydrogen-bond donors (Lipinski definition) is 1. The molecule has 1 aromatic heterocycles. The molecule has 2 heterocycles. The Labute approximate surface area is 88.9 Å². The van der Waals surface area contributed by atoms with Gasteiger partial charge in [0.2, 0.25) is 0 Å². The SMILES string of the molecule is Cc1ncsc1CN1CCC(CN)C1. The molecule has 14 heavy (non-hydrogen) atoms. The molecular formula is C10H17N3S. The molecule has 2 rings (SSSR count). The van der Waals surface area contributed by atoms with Gasteiger partial charge in [-0.3, -0.25) is 4.90 Å². The first kappa shape index (κ1) is 10.1. The van der Waals surface area contributed by atoms with Crippen LogP contribution in [0.5, 0.6) is 0 Å². The summed E-state index contributed by atoms with van der Waals surface area (Å²) in [5, 5.41) is 0. The van der Waals surface area contributed by atoms with Crippen molar-refractivity contribution in [2.75, 3.05) is 19.6 Å². The standard InChI is InChI=1S/C10H17N3S/c1-8-10(14-7-12-8)6-13-3-2-9(4-11)5-13/h7,9H,2-6,11H2,1H3. The Hall–Kier alpha value is -0.450. The molecule has 1 atom stereocenters. The molecule has 0 saturated carbocycles. The van der Waals surface area contributed by atoms with Crippen LogP contribution in [-0.2, 0) is 6.54 Å². The van der Waals surface area contributed by atoms with E-state index in [-0.39, 0.29) is 0 Å². The maximum absolute atomic E-state index is 5.66. The molecular weight excluding hydrogens is 194 g/mol. The van der Waals surface area contributed by atoms with Crippen LogP contribution in [0.3, 0.4) is 0 Å². The van der Waals surface area contributed by atoms with E-state index in [1.165, 1.54) is 23.5 Å². The predicted octanol–water partition coefficient (Wildman–Crippen LogP) is 1.23. The first-order valence-electron chi connectivity index (χ1n) is 5.11. The predicted molar refractivity (Wildman–Crippen MR) is 59.3 cm³/mol. The molecule has 0 amide bonds. The van der Waals surface area contributed by atoms with Gasteiger partial charge in [0.15, 0.2) is 0 Å². The highest BCUT2D eigenvalue weighted by atomic mass is 32.1. The van der Waals surface area contributed by atoms with E-state index >= 15 is 0 Å². The lowest BCUT2D eigenvalue weighted by molar-refractivity contribution is 0.320. The van der Waals surface area contributed by atoms with Crippen molar-refractivity contribution < 1.29 is 0 Å². The molecule has 78 valence electrons. The lowest BCUT2D eigenvalue weighted by Crippen LogP contribution is -2.22. The van der Waals surface area contributed by atoms with Crippen molar-refractivity contribution in [2.24, 2.45) is 11.7 Å². The van der Waals surface area contributed by atoms with Crippen LogP contribution in [0.1, 0.15) is 17.0 Å². The molecule has 1 saturated heterocycles. The summed E-state index contributed by atoms with van der Waals surface area (Å²) in [6.45, 7) is 6.33. The second-order valence-electron chi connectivity index (χ2n) is 3.99. The van der Waals surface area contributed by atoms with Crippen molar-refractivity contribution >= 4 is 11.3 Å². The summed E-state index contributed by atoms with van der Waals surface area (Å²) in [7, 11) is 0. The van der Waals surface area contributed by atoms with E-state index in [1.807, 2.05) is 5.51 Å². The lowest BCUT2D eigenvalue weighted by atomic mass is 10.1. The zero-order valence-corrected chi connectivity index (χ0v) is 9.39. The molecule has 1 fully saturated rings. The molecule has 1 unspecified atom stereocenters. The van der Waals surface area contributed by atoms with Gasteiger partial charge in [-0.2, -0.15) is 0 Å². The van der Waals surface area contributed by atoms with E-state index in [2.05, 4.69) is 16.8 Å². The Morgan fingerprint density at radius 3 is 3.14 bits per heavy atom. The first-order valence-corrected chi connectivity index (χ1v) is 5.99. The summed E-state index contributed by atoms with van der Waals surface area (Å²) in [4.78, 5) is 8.15. The average Bonchev–Trinajstić information content (AvgIpc) is 2.77. The van der Waals surface area contributed by atoms with Gasteiger partial charge in [0.1, 0.15) is 0 Å². The maximum atomic E-state index is 5.66. The summed E-state index contributed by atoms with van der Waals surface area (Å²) in [5.74, 6) is 0.711. The largest absolute Gasteiger partial charge is 0.330 e. The van der Waals surface area contributed by atoms with Crippen LogP contribution < -0.4 is 5.73 Å². The number of nitrogens with two attached hydrogens (primary N) is 1. The highest BCUT2D eigenvalue weighted by Crippen LogP contribution is 2.20. The third kappa shape index (κ3) is 2.13. The third-order valence-corrected chi connectivity index (χ3v) is 3.84. The number of aryl methyl sites for hydroxylation is 1. The Balaban J connectivity index is 1.90. The molecule has 3 nitrogen and oxygen atoms in total. The van der Waals surface area contributed by atoms with Crippen LogP contribution in [0.2, 0.25) is 0 Å². The molecule has 0 bridgehead atoms. The van der Waals surface area contributed by atoms with Gasteiger partial charge in [-0.25, -0.2) is 4.98 Å². The van der Waals surface area contributed by atoms with E-state index < -0.39 is 0 Å². The zero-order chi connectivity index (χ0) is 9.97. The van der Waals surface area contributed by atoms with Gasteiger partial charge in [0.25, 0.3) is 0 Å². The number of thiazole rings is 1. The van der Waals surface area contributed by atoms with Crippen molar-refractivity contribution in [3.05, 3.63) is 16.1 Å². The molecule has 4 heteroatoms. The number of hydrogen-bond acceptors (Lipinski definition) is 4.